The molecule has 1 rings (SSSR count). The van der Waals surface area contributed by atoms with E-state index in [1.54, 1.807) is 6.07 Å². The average Bonchev–Trinajstić information content (AvgIpc) is 2.08. The zero-order chi connectivity index (χ0) is 11.5. The predicted molar refractivity (Wildman–Crippen MR) is 53.3 cm³/mol. The minimum Gasteiger partial charge on any atom is -0.381 e. The minimum atomic E-state index is -4.23. The zero-order valence-corrected chi connectivity index (χ0v) is 9.12. The number of halogens is 5. The van der Waals surface area contributed by atoms with Gasteiger partial charge in [-0.15, -0.1) is 0 Å². The lowest BCUT2D eigenvalue weighted by molar-refractivity contribution is -0.131. The number of benzene rings is 1. The molecule has 6 heteroatoms. The average molecular weight is 286 g/mol. The molecule has 0 aliphatic heterocycles. The Morgan fingerprint density at radius 1 is 1.27 bits per heavy atom. The van der Waals surface area contributed by atoms with Crippen molar-refractivity contribution < 1.29 is 17.6 Å². The largest absolute Gasteiger partial charge is 0.390 e. The van der Waals surface area contributed by atoms with E-state index in [0.717, 1.165) is 0 Å². The van der Waals surface area contributed by atoms with E-state index in [-0.39, 0.29) is 12.2 Å². The highest BCUT2D eigenvalue weighted by molar-refractivity contribution is 9.10. The molecule has 1 aromatic rings. The van der Waals surface area contributed by atoms with Gasteiger partial charge >= 0.3 is 6.18 Å². The first-order chi connectivity index (χ1) is 6.90. The van der Waals surface area contributed by atoms with Crippen molar-refractivity contribution in [3.05, 3.63) is 28.5 Å². The van der Waals surface area contributed by atoms with Crippen molar-refractivity contribution >= 4 is 21.6 Å². The highest BCUT2D eigenvalue weighted by Crippen LogP contribution is 2.26. The molecule has 15 heavy (non-hydrogen) atoms. The molecule has 0 amide bonds. The van der Waals surface area contributed by atoms with Crippen molar-refractivity contribution in [3.8, 4) is 0 Å². The standard InChI is InChI=1S/C9H8BrF4N/c10-6-2-1-3-7(11)8(6)15-5-4-9(12,13)14/h1-3,15H,4-5H2. The molecule has 0 aliphatic rings. The number of rotatable bonds is 3. The van der Waals surface area contributed by atoms with E-state index >= 15 is 0 Å². The number of alkyl halides is 3. The summed E-state index contributed by atoms with van der Waals surface area (Å²) < 4.78 is 48.9. The van der Waals surface area contributed by atoms with Crippen molar-refractivity contribution in [2.45, 2.75) is 12.6 Å². The van der Waals surface area contributed by atoms with Gasteiger partial charge in [0.2, 0.25) is 0 Å². The molecule has 0 aromatic heterocycles. The van der Waals surface area contributed by atoms with Gasteiger partial charge in [0.1, 0.15) is 5.82 Å². The van der Waals surface area contributed by atoms with Gasteiger partial charge < -0.3 is 5.32 Å². The fourth-order valence-electron chi connectivity index (χ4n) is 0.996. The Hall–Kier alpha value is -0.780. The van der Waals surface area contributed by atoms with Crippen LogP contribution in [0, 0.1) is 5.82 Å². The molecule has 0 saturated carbocycles. The molecule has 1 N–H and O–H groups in total. The van der Waals surface area contributed by atoms with Crippen LogP contribution in [0.5, 0.6) is 0 Å². The van der Waals surface area contributed by atoms with E-state index in [0.29, 0.717) is 4.47 Å². The molecule has 1 aromatic carbocycles. The fourth-order valence-corrected chi connectivity index (χ4v) is 1.48. The second-order valence-corrected chi connectivity index (χ2v) is 3.74. The van der Waals surface area contributed by atoms with Gasteiger partial charge in [-0.25, -0.2) is 4.39 Å². The van der Waals surface area contributed by atoms with Crippen LogP contribution in [0.2, 0.25) is 0 Å². The van der Waals surface area contributed by atoms with Gasteiger partial charge in [-0.3, -0.25) is 0 Å². The number of anilines is 1. The van der Waals surface area contributed by atoms with Crippen molar-refractivity contribution in [1.29, 1.82) is 0 Å². The highest BCUT2D eigenvalue weighted by Gasteiger charge is 2.26. The van der Waals surface area contributed by atoms with Crippen LogP contribution in [0.3, 0.4) is 0 Å². The summed E-state index contributed by atoms with van der Waals surface area (Å²) in [7, 11) is 0. The quantitative estimate of drug-likeness (QED) is 0.829. The maximum Gasteiger partial charge on any atom is 0.390 e. The lowest BCUT2D eigenvalue weighted by Crippen LogP contribution is -2.15. The smallest absolute Gasteiger partial charge is 0.381 e. The lowest BCUT2D eigenvalue weighted by atomic mass is 10.3. The molecule has 0 unspecified atom stereocenters. The third-order valence-electron chi connectivity index (χ3n) is 1.67. The van der Waals surface area contributed by atoms with E-state index in [2.05, 4.69) is 21.2 Å². The lowest BCUT2D eigenvalue weighted by Gasteiger charge is -2.10. The number of para-hydroxylation sites is 1. The summed E-state index contributed by atoms with van der Waals surface area (Å²) in [6.45, 7) is -0.344. The first-order valence-corrected chi connectivity index (χ1v) is 4.94. The van der Waals surface area contributed by atoms with Crippen molar-refractivity contribution in [2.75, 3.05) is 11.9 Å². The fraction of sp³-hybridized carbons (Fsp3) is 0.333. The van der Waals surface area contributed by atoms with Crippen LogP contribution in [0.4, 0.5) is 23.2 Å². The maximum atomic E-state index is 13.1. The Bertz CT molecular complexity index is 317. The molecule has 84 valence electrons. The van der Waals surface area contributed by atoms with Gasteiger partial charge in [0.15, 0.2) is 0 Å². The second kappa shape index (κ2) is 4.83. The first-order valence-electron chi connectivity index (χ1n) is 4.15. The maximum absolute atomic E-state index is 13.1. The summed E-state index contributed by atoms with van der Waals surface area (Å²) in [6, 6.07) is 4.20. The Morgan fingerprint density at radius 2 is 1.93 bits per heavy atom. The van der Waals surface area contributed by atoms with E-state index in [9.17, 15) is 17.6 Å². The topological polar surface area (TPSA) is 12.0 Å². The van der Waals surface area contributed by atoms with Crippen LogP contribution >= 0.6 is 15.9 Å². The normalized spacial score (nSPS) is 11.5. The van der Waals surface area contributed by atoms with Crippen molar-refractivity contribution in [2.24, 2.45) is 0 Å². The molecule has 0 bridgehead atoms. The summed E-state index contributed by atoms with van der Waals surface area (Å²) in [5.41, 5.74) is 0.0572. The number of hydrogen-bond acceptors (Lipinski definition) is 1. The molecular weight excluding hydrogens is 278 g/mol. The Kier molecular flexibility index (Phi) is 3.96. The van der Waals surface area contributed by atoms with Gasteiger partial charge in [0, 0.05) is 11.0 Å². The Morgan fingerprint density at radius 3 is 2.47 bits per heavy atom. The number of nitrogens with one attached hydrogen (secondary N) is 1. The van der Waals surface area contributed by atoms with Crippen LogP contribution in [-0.4, -0.2) is 12.7 Å². The van der Waals surface area contributed by atoms with E-state index in [4.69, 9.17) is 0 Å². The van der Waals surface area contributed by atoms with Gasteiger partial charge in [0.25, 0.3) is 0 Å². The van der Waals surface area contributed by atoms with Crippen LogP contribution in [0.1, 0.15) is 6.42 Å². The van der Waals surface area contributed by atoms with E-state index in [1.165, 1.54) is 12.1 Å². The van der Waals surface area contributed by atoms with Crippen LogP contribution < -0.4 is 5.32 Å². The minimum absolute atomic E-state index is 0.0572. The third kappa shape index (κ3) is 4.07. The predicted octanol–water partition coefficient (Wildman–Crippen LogP) is 3.95. The SMILES string of the molecule is Fc1cccc(Br)c1NCCC(F)(F)F. The number of hydrogen-bond donors (Lipinski definition) is 1. The Balaban J connectivity index is 2.58. The molecule has 0 heterocycles. The highest BCUT2D eigenvalue weighted by atomic mass is 79.9. The molecule has 1 nitrogen and oxygen atoms in total. The van der Waals surface area contributed by atoms with Gasteiger partial charge in [-0.2, -0.15) is 13.2 Å². The summed E-state index contributed by atoms with van der Waals surface area (Å²) in [4.78, 5) is 0. The van der Waals surface area contributed by atoms with Gasteiger partial charge in [-0.05, 0) is 28.1 Å². The van der Waals surface area contributed by atoms with Crippen LogP contribution in [-0.2, 0) is 0 Å². The summed E-state index contributed by atoms with van der Waals surface area (Å²) in [6.07, 6.45) is -5.22. The molecule has 0 radical (unpaired) electrons. The molecule has 0 fully saturated rings. The van der Waals surface area contributed by atoms with Gasteiger partial charge in [-0.1, -0.05) is 6.07 Å². The third-order valence-corrected chi connectivity index (χ3v) is 2.33. The molecule has 0 spiro atoms. The van der Waals surface area contributed by atoms with E-state index < -0.39 is 18.4 Å². The van der Waals surface area contributed by atoms with Crippen LogP contribution in [0.15, 0.2) is 22.7 Å². The molecule has 0 atom stereocenters. The first kappa shape index (κ1) is 12.3. The van der Waals surface area contributed by atoms with Crippen molar-refractivity contribution in [1.82, 2.24) is 0 Å². The monoisotopic (exact) mass is 285 g/mol. The Labute approximate surface area is 92.6 Å². The zero-order valence-electron chi connectivity index (χ0n) is 7.54. The van der Waals surface area contributed by atoms with Crippen LogP contribution in [0.25, 0.3) is 0 Å². The second-order valence-electron chi connectivity index (χ2n) is 2.89. The molecular formula is C9H8BrF4N. The summed E-state index contributed by atoms with van der Waals surface area (Å²) in [5.74, 6) is -0.577. The van der Waals surface area contributed by atoms with E-state index in [1.807, 2.05) is 0 Å². The molecule has 0 aliphatic carbocycles. The molecule has 0 saturated heterocycles. The van der Waals surface area contributed by atoms with Gasteiger partial charge in [0.05, 0.1) is 12.1 Å². The van der Waals surface area contributed by atoms with Crippen molar-refractivity contribution in [3.63, 3.8) is 0 Å². The summed E-state index contributed by atoms with van der Waals surface area (Å²) in [5, 5.41) is 2.40. The summed E-state index contributed by atoms with van der Waals surface area (Å²) >= 11 is 3.04.